The zero-order valence-electron chi connectivity index (χ0n) is 9.20. The van der Waals surface area contributed by atoms with Gasteiger partial charge in [-0.2, -0.15) is 0 Å². The van der Waals surface area contributed by atoms with Crippen LogP contribution in [0.1, 0.15) is 26.7 Å². The highest BCUT2D eigenvalue weighted by Gasteiger charge is 2.07. The summed E-state index contributed by atoms with van der Waals surface area (Å²) in [6, 6.07) is 0. The molecule has 0 heterocycles. The van der Waals surface area contributed by atoms with E-state index < -0.39 is 0 Å². The van der Waals surface area contributed by atoms with E-state index >= 15 is 0 Å². The van der Waals surface area contributed by atoms with Gasteiger partial charge in [-0.05, 0) is 13.3 Å². The van der Waals surface area contributed by atoms with E-state index in [2.05, 4.69) is 6.92 Å². The Kier molecular flexibility index (Phi) is 10.8. The van der Waals surface area contributed by atoms with E-state index in [0.717, 1.165) is 12.8 Å². The van der Waals surface area contributed by atoms with Gasteiger partial charge in [-0.3, -0.25) is 0 Å². The highest BCUT2D eigenvalue weighted by molar-refractivity contribution is 4.43. The maximum Gasteiger partial charge on any atom is 0.180 e. The zero-order valence-corrected chi connectivity index (χ0v) is 9.20. The molecule has 0 aromatic heterocycles. The van der Waals surface area contributed by atoms with E-state index in [1.807, 2.05) is 6.92 Å². The zero-order chi connectivity index (χ0) is 10.6. The molecule has 0 rings (SSSR count). The number of aliphatic hydroxyl groups is 1. The van der Waals surface area contributed by atoms with Gasteiger partial charge in [-0.1, -0.05) is 13.3 Å². The van der Waals surface area contributed by atoms with Crippen molar-refractivity contribution in [2.45, 2.75) is 33.0 Å². The van der Waals surface area contributed by atoms with Crippen LogP contribution in [0.5, 0.6) is 0 Å². The van der Waals surface area contributed by atoms with Gasteiger partial charge in [0.05, 0.1) is 19.8 Å². The third-order valence-electron chi connectivity index (χ3n) is 1.64. The SMILES string of the molecule is CCCCOC(COCCO)OCC. The number of aliphatic hydroxyl groups excluding tert-OH is 1. The summed E-state index contributed by atoms with van der Waals surface area (Å²) in [5, 5.41) is 8.52. The molecule has 0 aliphatic heterocycles. The summed E-state index contributed by atoms with van der Waals surface area (Å²) >= 11 is 0. The minimum Gasteiger partial charge on any atom is -0.394 e. The molecular formula is C10H22O4. The quantitative estimate of drug-likeness (QED) is 0.430. The van der Waals surface area contributed by atoms with Crippen LogP contribution in [0.2, 0.25) is 0 Å². The molecule has 0 saturated carbocycles. The lowest BCUT2D eigenvalue weighted by Gasteiger charge is -2.17. The fraction of sp³-hybridized carbons (Fsp3) is 1.00. The molecule has 14 heavy (non-hydrogen) atoms. The predicted molar refractivity (Wildman–Crippen MR) is 54.2 cm³/mol. The van der Waals surface area contributed by atoms with Crippen LogP contribution >= 0.6 is 0 Å². The summed E-state index contributed by atoms with van der Waals surface area (Å²) in [4.78, 5) is 0. The first-order valence-corrected chi connectivity index (χ1v) is 5.26. The van der Waals surface area contributed by atoms with Crippen LogP contribution in [0.15, 0.2) is 0 Å². The Morgan fingerprint density at radius 1 is 1.14 bits per heavy atom. The third kappa shape index (κ3) is 8.44. The average molecular weight is 206 g/mol. The van der Waals surface area contributed by atoms with Gasteiger partial charge in [-0.25, -0.2) is 0 Å². The lowest BCUT2D eigenvalue weighted by molar-refractivity contribution is -0.171. The van der Waals surface area contributed by atoms with Gasteiger partial charge in [0.25, 0.3) is 0 Å². The van der Waals surface area contributed by atoms with Crippen molar-refractivity contribution >= 4 is 0 Å². The Morgan fingerprint density at radius 2 is 1.93 bits per heavy atom. The van der Waals surface area contributed by atoms with Crippen molar-refractivity contribution in [3.63, 3.8) is 0 Å². The fourth-order valence-electron chi connectivity index (χ4n) is 0.933. The Morgan fingerprint density at radius 3 is 2.50 bits per heavy atom. The number of hydrogen-bond donors (Lipinski definition) is 1. The van der Waals surface area contributed by atoms with Crippen molar-refractivity contribution in [3.8, 4) is 0 Å². The van der Waals surface area contributed by atoms with Crippen LogP contribution in [0.3, 0.4) is 0 Å². The molecule has 0 fully saturated rings. The molecule has 0 aliphatic carbocycles. The van der Waals surface area contributed by atoms with Gasteiger partial charge in [0, 0.05) is 13.2 Å². The molecule has 4 nitrogen and oxygen atoms in total. The van der Waals surface area contributed by atoms with Gasteiger partial charge < -0.3 is 19.3 Å². The van der Waals surface area contributed by atoms with Gasteiger partial charge in [0.1, 0.15) is 0 Å². The average Bonchev–Trinajstić information content (AvgIpc) is 2.18. The Labute approximate surface area is 86.2 Å². The van der Waals surface area contributed by atoms with Crippen LogP contribution in [-0.2, 0) is 14.2 Å². The molecule has 1 atom stereocenters. The molecule has 0 saturated heterocycles. The largest absolute Gasteiger partial charge is 0.394 e. The van der Waals surface area contributed by atoms with Crippen molar-refractivity contribution in [2.24, 2.45) is 0 Å². The maximum atomic E-state index is 8.52. The molecule has 0 aromatic rings. The summed E-state index contributed by atoms with van der Waals surface area (Å²) in [5.41, 5.74) is 0. The molecule has 0 radical (unpaired) electrons. The van der Waals surface area contributed by atoms with Gasteiger partial charge in [0.15, 0.2) is 6.29 Å². The normalized spacial score (nSPS) is 13.1. The molecule has 86 valence electrons. The van der Waals surface area contributed by atoms with Crippen LogP contribution < -0.4 is 0 Å². The minimum absolute atomic E-state index is 0.0355. The van der Waals surface area contributed by atoms with Gasteiger partial charge in [0.2, 0.25) is 0 Å². The number of hydrogen-bond acceptors (Lipinski definition) is 4. The minimum atomic E-state index is -0.293. The number of unbranched alkanes of at least 4 members (excludes halogenated alkanes) is 1. The number of rotatable bonds is 10. The Hall–Kier alpha value is -0.160. The van der Waals surface area contributed by atoms with Crippen LogP contribution in [-0.4, -0.2) is 44.4 Å². The van der Waals surface area contributed by atoms with Gasteiger partial charge in [-0.15, -0.1) is 0 Å². The molecule has 0 aromatic carbocycles. The molecule has 0 amide bonds. The molecule has 4 heteroatoms. The Bertz CT molecular complexity index is 98.3. The summed E-state index contributed by atoms with van der Waals surface area (Å²) in [5.74, 6) is 0. The fourth-order valence-corrected chi connectivity index (χ4v) is 0.933. The van der Waals surface area contributed by atoms with Crippen LogP contribution in [0, 0.1) is 0 Å². The predicted octanol–water partition coefficient (Wildman–Crippen LogP) is 1.17. The summed E-state index contributed by atoms with van der Waals surface area (Å²) in [6.07, 6.45) is 1.85. The van der Waals surface area contributed by atoms with Crippen molar-refractivity contribution in [2.75, 3.05) is 33.0 Å². The van der Waals surface area contributed by atoms with E-state index in [-0.39, 0.29) is 12.9 Å². The smallest absolute Gasteiger partial charge is 0.180 e. The van der Waals surface area contributed by atoms with E-state index in [1.165, 1.54) is 0 Å². The van der Waals surface area contributed by atoms with E-state index in [0.29, 0.717) is 26.4 Å². The first-order valence-electron chi connectivity index (χ1n) is 5.26. The summed E-state index contributed by atoms with van der Waals surface area (Å²) < 4.78 is 15.9. The lowest BCUT2D eigenvalue weighted by Crippen LogP contribution is -2.24. The second-order valence-corrected chi connectivity index (χ2v) is 2.91. The standard InChI is InChI=1S/C10H22O4/c1-3-5-7-14-10(13-4-2)9-12-8-6-11/h10-11H,3-9H2,1-2H3. The van der Waals surface area contributed by atoms with Crippen molar-refractivity contribution < 1.29 is 19.3 Å². The highest BCUT2D eigenvalue weighted by Crippen LogP contribution is 1.99. The third-order valence-corrected chi connectivity index (χ3v) is 1.64. The molecule has 0 spiro atoms. The molecule has 1 N–H and O–H groups in total. The topological polar surface area (TPSA) is 47.9 Å². The molecule has 0 bridgehead atoms. The first-order chi connectivity index (χ1) is 6.85. The molecule has 0 aliphatic rings. The van der Waals surface area contributed by atoms with Gasteiger partial charge >= 0.3 is 0 Å². The van der Waals surface area contributed by atoms with Crippen molar-refractivity contribution in [1.29, 1.82) is 0 Å². The van der Waals surface area contributed by atoms with Crippen molar-refractivity contribution in [3.05, 3.63) is 0 Å². The van der Waals surface area contributed by atoms with Crippen LogP contribution in [0.25, 0.3) is 0 Å². The van der Waals surface area contributed by atoms with E-state index in [1.54, 1.807) is 0 Å². The first kappa shape index (κ1) is 13.8. The van der Waals surface area contributed by atoms with E-state index in [9.17, 15) is 0 Å². The maximum absolute atomic E-state index is 8.52. The summed E-state index contributed by atoms with van der Waals surface area (Å²) in [6.45, 7) is 6.10. The molecule has 1 unspecified atom stereocenters. The monoisotopic (exact) mass is 206 g/mol. The lowest BCUT2D eigenvalue weighted by atomic mass is 10.4. The van der Waals surface area contributed by atoms with Crippen molar-refractivity contribution in [1.82, 2.24) is 0 Å². The molecular weight excluding hydrogens is 184 g/mol. The highest BCUT2D eigenvalue weighted by atomic mass is 16.7. The second-order valence-electron chi connectivity index (χ2n) is 2.91. The summed E-state index contributed by atoms with van der Waals surface area (Å²) in [7, 11) is 0. The number of ether oxygens (including phenoxy) is 3. The second kappa shape index (κ2) is 10.9. The Balaban J connectivity index is 3.44. The van der Waals surface area contributed by atoms with E-state index in [4.69, 9.17) is 19.3 Å². The van der Waals surface area contributed by atoms with Crippen LogP contribution in [0.4, 0.5) is 0 Å².